The SMILES string of the molecule is COc1ccc(N=c2scc(-c3ccccc3)n2Cc2ccc(C)cc2)cc1. The van der Waals surface area contributed by atoms with E-state index in [0.29, 0.717) is 0 Å². The highest BCUT2D eigenvalue weighted by Crippen LogP contribution is 2.22. The summed E-state index contributed by atoms with van der Waals surface area (Å²) in [5.74, 6) is 0.836. The van der Waals surface area contributed by atoms with E-state index < -0.39 is 0 Å². The number of hydrogen-bond donors (Lipinski definition) is 0. The number of hydrogen-bond acceptors (Lipinski definition) is 3. The topological polar surface area (TPSA) is 26.5 Å². The number of rotatable bonds is 5. The van der Waals surface area contributed by atoms with Crippen LogP contribution in [0.25, 0.3) is 11.3 Å². The van der Waals surface area contributed by atoms with Crippen molar-refractivity contribution >= 4 is 17.0 Å². The van der Waals surface area contributed by atoms with Crippen LogP contribution in [-0.2, 0) is 6.54 Å². The summed E-state index contributed by atoms with van der Waals surface area (Å²) in [6.45, 7) is 2.89. The van der Waals surface area contributed by atoms with Gasteiger partial charge in [-0.25, -0.2) is 4.99 Å². The first-order valence-electron chi connectivity index (χ1n) is 9.21. The van der Waals surface area contributed by atoms with Crippen LogP contribution in [0.5, 0.6) is 5.75 Å². The average molecular weight is 387 g/mol. The molecule has 3 aromatic carbocycles. The second-order valence-corrected chi connectivity index (χ2v) is 7.49. The maximum absolute atomic E-state index is 5.25. The Balaban J connectivity index is 1.80. The molecule has 0 bridgehead atoms. The molecule has 4 rings (SSSR count). The van der Waals surface area contributed by atoms with Crippen LogP contribution in [0.15, 0.2) is 89.2 Å². The van der Waals surface area contributed by atoms with Crippen LogP contribution in [0.4, 0.5) is 5.69 Å². The van der Waals surface area contributed by atoms with E-state index in [1.807, 2.05) is 30.3 Å². The molecule has 0 aliphatic carbocycles. The Morgan fingerprint density at radius 2 is 1.61 bits per heavy atom. The third-order valence-electron chi connectivity index (χ3n) is 4.63. The van der Waals surface area contributed by atoms with Crippen molar-refractivity contribution in [2.24, 2.45) is 4.99 Å². The zero-order valence-corrected chi connectivity index (χ0v) is 16.8. The normalized spacial score (nSPS) is 11.6. The Labute approximate surface area is 169 Å². The van der Waals surface area contributed by atoms with Gasteiger partial charge < -0.3 is 9.30 Å². The van der Waals surface area contributed by atoms with Gasteiger partial charge in [0, 0.05) is 5.38 Å². The molecule has 1 aromatic heterocycles. The van der Waals surface area contributed by atoms with Crippen molar-refractivity contribution in [2.75, 3.05) is 7.11 Å². The maximum Gasteiger partial charge on any atom is 0.190 e. The fraction of sp³-hybridized carbons (Fsp3) is 0.125. The predicted molar refractivity (Wildman–Crippen MR) is 116 cm³/mol. The van der Waals surface area contributed by atoms with Crippen molar-refractivity contribution < 1.29 is 4.74 Å². The first-order valence-corrected chi connectivity index (χ1v) is 10.1. The van der Waals surface area contributed by atoms with Crippen molar-refractivity contribution in [1.29, 1.82) is 0 Å². The highest BCUT2D eigenvalue weighted by Gasteiger charge is 2.09. The van der Waals surface area contributed by atoms with Gasteiger partial charge in [0.1, 0.15) is 5.75 Å². The van der Waals surface area contributed by atoms with Gasteiger partial charge in [0.05, 0.1) is 25.0 Å². The number of thiazole rings is 1. The third-order valence-corrected chi connectivity index (χ3v) is 5.49. The number of nitrogens with zero attached hydrogens (tertiary/aromatic N) is 2. The molecule has 0 spiro atoms. The molecular formula is C24H22N2OS. The maximum atomic E-state index is 5.25. The predicted octanol–water partition coefficient (Wildman–Crippen LogP) is 5.81. The molecule has 140 valence electrons. The van der Waals surface area contributed by atoms with Crippen molar-refractivity contribution in [3.63, 3.8) is 0 Å². The van der Waals surface area contributed by atoms with E-state index in [0.717, 1.165) is 22.8 Å². The molecule has 0 atom stereocenters. The summed E-state index contributed by atoms with van der Waals surface area (Å²) < 4.78 is 7.54. The van der Waals surface area contributed by atoms with Crippen LogP contribution in [0.2, 0.25) is 0 Å². The summed E-state index contributed by atoms with van der Waals surface area (Å²) in [5, 5.41) is 2.19. The Hall–Kier alpha value is -3.11. The van der Waals surface area contributed by atoms with E-state index in [1.165, 1.54) is 22.4 Å². The van der Waals surface area contributed by atoms with Gasteiger partial charge in [-0.1, -0.05) is 60.2 Å². The van der Waals surface area contributed by atoms with E-state index in [1.54, 1.807) is 18.4 Å². The van der Waals surface area contributed by atoms with Crippen molar-refractivity contribution in [1.82, 2.24) is 4.57 Å². The standard InChI is InChI=1S/C24H22N2OS/c1-18-8-10-19(11-9-18)16-26-23(20-6-4-3-5-7-20)17-28-24(26)25-21-12-14-22(27-2)15-13-21/h3-15,17H,16H2,1-2H3. The average Bonchev–Trinajstić information content (AvgIpc) is 3.13. The number of benzene rings is 3. The van der Waals surface area contributed by atoms with E-state index in [2.05, 4.69) is 65.4 Å². The summed E-state index contributed by atoms with van der Waals surface area (Å²) in [6, 6.07) is 27.0. The van der Waals surface area contributed by atoms with Gasteiger partial charge in [-0.15, -0.1) is 11.3 Å². The Morgan fingerprint density at radius 3 is 2.29 bits per heavy atom. The van der Waals surface area contributed by atoms with E-state index in [-0.39, 0.29) is 0 Å². The number of methoxy groups -OCH3 is 1. The highest BCUT2D eigenvalue weighted by molar-refractivity contribution is 7.07. The molecule has 0 amide bonds. The first kappa shape index (κ1) is 18.3. The molecule has 0 aliphatic heterocycles. The molecule has 0 saturated carbocycles. The molecule has 0 radical (unpaired) electrons. The minimum Gasteiger partial charge on any atom is -0.497 e. The molecule has 4 aromatic rings. The second-order valence-electron chi connectivity index (χ2n) is 6.65. The lowest BCUT2D eigenvalue weighted by Gasteiger charge is -2.10. The Morgan fingerprint density at radius 1 is 0.893 bits per heavy atom. The number of aromatic nitrogens is 1. The van der Waals surface area contributed by atoms with Gasteiger partial charge in [-0.3, -0.25) is 0 Å². The summed E-state index contributed by atoms with van der Waals surface area (Å²) in [6.07, 6.45) is 0. The van der Waals surface area contributed by atoms with Crippen molar-refractivity contribution in [3.8, 4) is 17.0 Å². The van der Waals surface area contributed by atoms with Crippen LogP contribution in [0.3, 0.4) is 0 Å². The quantitative estimate of drug-likeness (QED) is 0.425. The van der Waals surface area contributed by atoms with Crippen LogP contribution >= 0.6 is 11.3 Å². The summed E-state index contributed by atoms with van der Waals surface area (Å²) in [7, 11) is 1.67. The van der Waals surface area contributed by atoms with Crippen molar-refractivity contribution in [3.05, 3.63) is 100 Å². The summed E-state index contributed by atoms with van der Waals surface area (Å²) in [5.41, 5.74) is 5.82. The minimum absolute atomic E-state index is 0.781. The molecule has 0 aliphatic rings. The van der Waals surface area contributed by atoms with Crippen LogP contribution < -0.4 is 9.54 Å². The van der Waals surface area contributed by atoms with Crippen molar-refractivity contribution in [2.45, 2.75) is 13.5 Å². The van der Waals surface area contributed by atoms with Crippen LogP contribution in [-0.4, -0.2) is 11.7 Å². The largest absolute Gasteiger partial charge is 0.497 e. The Bertz CT molecular complexity index is 1110. The third kappa shape index (κ3) is 4.07. The van der Waals surface area contributed by atoms with Gasteiger partial charge in [0.25, 0.3) is 0 Å². The zero-order chi connectivity index (χ0) is 19.3. The summed E-state index contributed by atoms with van der Waals surface area (Å²) in [4.78, 5) is 5.88. The number of aryl methyl sites for hydroxylation is 1. The van der Waals surface area contributed by atoms with Gasteiger partial charge >= 0.3 is 0 Å². The lowest BCUT2D eigenvalue weighted by molar-refractivity contribution is 0.415. The van der Waals surface area contributed by atoms with Gasteiger partial charge in [-0.2, -0.15) is 0 Å². The lowest BCUT2D eigenvalue weighted by atomic mass is 10.1. The molecular weight excluding hydrogens is 364 g/mol. The van der Waals surface area contributed by atoms with Gasteiger partial charge in [0.15, 0.2) is 4.80 Å². The Kier molecular flexibility index (Phi) is 5.40. The molecule has 4 heteroatoms. The molecule has 1 heterocycles. The highest BCUT2D eigenvalue weighted by atomic mass is 32.1. The van der Waals surface area contributed by atoms with Gasteiger partial charge in [-0.05, 0) is 42.3 Å². The number of ether oxygens (including phenoxy) is 1. The van der Waals surface area contributed by atoms with E-state index in [9.17, 15) is 0 Å². The fourth-order valence-corrected chi connectivity index (χ4v) is 3.98. The molecule has 28 heavy (non-hydrogen) atoms. The summed E-state index contributed by atoms with van der Waals surface area (Å²) >= 11 is 1.66. The molecule has 0 fully saturated rings. The van der Waals surface area contributed by atoms with Crippen LogP contribution in [0.1, 0.15) is 11.1 Å². The molecule has 3 nitrogen and oxygen atoms in total. The lowest BCUT2D eigenvalue weighted by Crippen LogP contribution is -2.16. The molecule has 0 saturated heterocycles. The van der Waals surface area contributed by atoms with E-state index in [4.69, 9.17) is 9.73 Å². The first-order chi connectivity index (χ1) is 13.7. The smallest absolute Gasteiger partial charge is 0.190 e. The molecule has 0 unspecified atom stereocenters. The second kappa shape index (κ2) is 8.28. The zero-order valence-electron chi connectivity index (χ0n) is 16.0. The fourth-order valence-electron chi connectivity index (χ4n) is 3.05. The monoisotopic (exact) mass is 386 g/mol. The molecule has 0 N–H and O–H groups in total. The van der Waals surface area contributed by atoms with Crippen LogP contribution in [0, 0.1) is 6.92 Å². The van der Waals surface area contributed by atoms with E-state index >= 15 is 0 Å². The minimum atomic E-state index is 0.781. The van der Waals surface area contributed by atoms with Gasteiger partial charge in [0.2, 0.25) is 0 Å².